The quantitative estimate of drug-likeness (QED) is 0.829. The maximum absolute atomic E-state index is 12.6. The van der Waals surface area contributed by atoms with E-state index in [1.165, 1.54) is 0 Å². The van der Waals surface area contributed by atoms with Crippen LogP contribution in [0.3, 0.4) is 0 Å². The van der Waals surface area contributed by atoms with Crippen LogP contribution in [-0.4, -0.2) is 48.1 Å². The molecule has 25 heavy (non-hydrogen) atoms. The number of rotatable bonds is 5. The third-order valence-corrected chi connectivity index (χ3v) is 4.79. The fraction of sp³-hybridized carbons (Fsp3) is 0.611. The van der Waals surface area contributed by atoms with Gasteiger partial charge in [-0.3, -0.25) is 4.79 Å². The summed E-state index contributed by atoms with van der Waals surface area (Å²) in [6.45, 7) is 5.31. The molecule has 0 unspecified atom stereocenters. The molecule has 1 aliphatic rings. The minimum atomic E-state index is 0.0848. The minimum absolute atomic E-state index is 0.0848. The molecule has 1 saturated heterocycles. The van der Waals surface area contributed by atoms with Crippen LogP contribution in [0.2, 0.25) is 0 Å². The van der Waals surface area contributed by atoms with Crippen molar-refractivity contribution in [2.24, 2.45) is 5.92 Å². The van der Waals surface area contributed by atoms with Crippen LogP contribution >= 0.6 is 0 Å². The third kappa shape index (κ3) is 4.03. The van der Waals surface area contributed by atoms with Gasteiger partial charge in [-0.1, -0.05) is 5.16 Å². The van der Waals surface area contributed by atoms with E-state index < -0.39 is 0 Å². The molecule has 7 heteroatoms. The second kappa shape index (κ2) is 7.29. The van der Waals surface area contributed by atoms with Crippen LogP contribution < -0.4 is 4.90 Å². The van der Waals surface area contributed by atoms with Gasteiger partial charge in [-0.15, -0.1) is 0 Å². The summed E-state index contributed by atoms with van der Waals surface area (Å²) >= 11 is 0. The second-order valence-electron chi connectivity index (χ2n) is 6.99. The number of nitrogens with zero attached hydrogens (tertiary/aromatic N) is 4. The zero-order valence-corrected chi connectivity index (χ0v) is 15.4. The van der Waals surface area contributed by atoms with Crippen LogP contribution in [0.5, 0.6) is 0 Å². The Labute approximate surface area is 148 Å². The molecule has 3 heterocycles. The lowest BCUT2D eigenvalue weighted by Gasteiger charge is -2.31. The number of likely N-dealkylation sites (tertiary alicyclic amines) is 1. The van der Waals surface area contributed by atoms with Gasteiger partial charge < -0.3 is 18.7 Å². The van der Waals surface area contributed by atoms with Crippen LogP contribution in [0.25, 0.3) is 0 Å². The summed E-state index contributed by atoms with van der Waals surface area (Å²) in [5.41, 5.74) is 0.693. The molecule has 0 aliphatic carbocycles. The van der Waals surface area contributed by atoms with E-state index in [1.54, 1.807) is 4.90 Å². The van der Waals surface area contributed by atoms with E-state index in [4.69, 9.17) is 8.94 Å². The van der Waals surface area contributed by atoms with Crippen molar-refractivity contribution < 1.29 is 13.7 Å². The van der Waals surface area contributed by atoms with Crippen LogP contribution in [0.15, 0.2) is 15.0 Å². The summed E-state index contributed by atoms with van der Waals surface area (Å²) in [4.78, 5) is 20.7. The number of aryl methyl sites for hydroxylation is 3. The van der Waals surface area contributed by atoms with Gasteiger partial charge in [-0.25, -0.2) is 0 Å². The zero-order chi connectivity index (χ0) is 18.0. The van der Waals surface area contributed by atoms with Crippen molar-refractivity contribution in [1.29, 1.82) is 0 Å². The van der Waals surface area contributed by atoms with Gasteiger partial charge in [0.1, 0.15) is 11.5 Å². The molecule has 0 saturated carbocycles. The molecule has 0 atom stereocenters. The van der Waals surface area contributed by atoms with Gasteiger partial charge in [-0.05, 0) is 45.1 Å². The highest BCUT2D eigenvalue weighted by molar-refractivity contribution is 5.95. The monoisotopic (exact) mass is 346 g/mol. The Bertz CT molecular complexity index is 727. The minimum Gasteiger partial charge on any atom is -0.466 e. The molecule has 7 nitrogen and oxygen atoms in total. The first-order valence-corrected chi connectivity index (χ1v) is 8.80. The summed E-state index contributed by atoms with van der Waals surface area (Å²) in [5.74, 6) is 2.93. The van der Waals surface area contributed by atoms with Crippen molar-refractivity contribution in [3.05, 3.63) is 29.0 Å². The first-order valence-electron chi connectivity index (χ1n) is 8.80. The molecule has 1 fully saturated rings. The van der Waals surface area contributed by atoms with Crippen LogP contribution in [0, 0.1) is 19.8 Å². The molecule has 0 radical (unpaired) electrons. The number of carbonyl (C=O) groups is 1. The van der Waals surface area contributed by atoms with Crippen LogP contribution in [0.1, 0.15) is 47.0 Å². The molecule has 1 amide bonds. The highest BCUT2D eigenvalue weighted by atomic mass is 16.5. The number of anilines is 1. The van der Waals surface area contributed by atoms with E-state index in [2.05, 4.69) is 10.1 Å². The lowest BCUT2D eigenvalue weighted by atomic mass is 9.92. The SMILES string of the molecule is Cc1cc(C(=O)N2CCC(CCc3noc(N(C)C)n3)CC2)c(C)o1. The van der Waals surface area contributed by atoms with Crippen molar-refractivity contribution >= 4 is 11.9 Å². The standard InChI is InChI=1S/C18H26N4O3/c1-12-11-15(13(2)24-12)17(23)22-9-7-14(8-10-22)5-6-16-19-18(21(3)4)25-20-16/h11,14H,5-10H2,1-4H3. The Kier molecular flexibility index (Phi) is 5.11. The average Bonchev–Trinajstić information content (AvgIpc) is 3.19. The fourth-order valence-electron chi connectivity index (χ4n) is 3.30. The fourth-order valence-corrected chi connectivity index (χ4v) is 3.30. The largest absolute Gasteiger partial charge is 0.466 e. The van der Waals surface area contributed by atoms with E-state index in [0.717, 1.165) is 50.4 Å². The van der Waals surface area contributed by atoms with Crippen molar-refractivity contribution in [1.82, 2.24) is 15.0 Å². The maximum Gasteiger partial charge on any atom is 0.323 e. The van der Waals surface area contributed by atoms with Gasteiger partial charge in [0.05, 0.1) is 5.56 Å². The lowest BCUT2D eigenvalue weighted by Crippen LogP contribution is -2.38. The number of hydrogen-bond acceptors (Lipinski definition) is 6. The molecule has 0 bridgehead atoms. The Morgan fingerprint density at radius 3 is 2.60 bits per heavy atom. The first kappa shape index (κ1) is 17.5. The van der Waals surface area contributed by atoms with Crippen molar-refractivity contribution in [3.63, 3.8) is 0 Å². The first-order chi connectivity index (χ1) is 11.9. The molecule has 0 N–H and O–H groups in total. The number of furan rings is 1. The van der Waals surface area contributed by atoms with Gasteiger partial charge in [-0.2, -0.15) is 4.98 Å². The van der Waals surface area contributed by atoms with Gasteiger partial charge in [0, 0.05) is 33.6 Å². The summed E-state index contributed by atoms with van der Waals surface area (Å²) in [6, 6.07) is 2.38. The molecule has 3 rings (SSSR count). The maximum atomic E-state index is 12.6. The Morgan fingerprint density at radius 2 is 2.04 bits per heavy atom. The third-order valence-electron chi connectivity index (χ3n) is 4.79. The van der Waals surface area contributed by atoms with E-state index >= 15 is 0 Å². The van der Waals surface area contributed by atoms with E-state index in [0.29, 0.717) is 23.3 Å². The van der Waals surface area contributed by atoms with Gasteiger partial charge in [0.25, 0.3) is 5.91 Å². The smallest absolute Gasteiger partial charge is 0.323 e. The van der Waals surface area contributed by atoms with Crippen LogP contribution in [0.4, 0.5) is 6.01 Å². The van der Waals surface area contributed by atoms with Crippen molar-refractivity contribution in [2.75, 3.05) is 32.1 Å². The van der Waals surface area contributed by atoms with Gasteiger partial charge in [0.2, 0.25) is 0 Å². The van der Waals surface area contributed by atoms with Crippen molar-refractivity contribution in [3.8, 4) is 0 Å². The van der Waals surface area contributed by atoms with E-state index in [9.17, 15) is 4.79 Å². The molecule has 2 aromatic heterocycles. The lowest BCUT2D eigenvalue weighted by molar-refractivity contribution is 0.0685. The number of piperidine rings is 1. The van der Waals surface area contributed by atoms with E-state index in [1.807, 2.05) is 38.9 Å². The molecular formula is C18H26N4O3. The van der Waals surface area contributed by atoms with Gasteiger partial charge in [0.15, 0.2) is 5.82 Å². The molecule has 0 spiro atoms. The topological polar surface area (TPSA) is 75.6 Å². The molecule has 136 valence electrons. The average molecular weight is 346 g/mol. The van der Waals surface area contributed by atoms with E-state index in [-0.39, 0.29) is 5.91 Å². The zero-order valence-electron chi connectivity index (χ0n) is 15.4. The molecule has 2 aromatic rings. The highest BCUT2D eigenvalue weighted by Crippen LogP contribution is 2.25. The summed E-state index contributed by atoms with van der Waals surface area (Å²) < 4.78 is 10.7. The Morgan fingerprint density at radius 1 is 1.32 bits per heavy atom. The summed E-state index contributed by atoms with van der Waals surface area (Å²) in [7, 11) is 3.76. The Hall–Kier alpha value is -2.31. The number of carbonyl (C=O) groups excluding carboxylic acids is 1. The normalized spacial score (nSPS) is 15.6. The predicted octanol–water partition coefficient (Wildman–Crippen LogP) is 2.83. The second-order valence-corrected chi connectivity index (χ2v) is 6.99. The van der Waals surface area contributed by atoms with Crippen LogP contribution in [-0.2, 0) is 6.42 Å². The Balaban J connectivity index is 1.48. The van der Waals surface area contributed by atoms with Crippen molar-refractivity contribution in [2.45, 2.75) is 39.5 Å². The molecule has 1 aliphatic heterocycles. The number of amides is 1. The molecular weight excluding hydrogens is 320 g/mol. The molecule has 0 aromatic carbocycles. The van der Waals surface area contributed by atoms with Gasteiger partial charge >= 0.3 is 6.01 Å². The highest BCUT2D eigenvalue weighted by Gasteiger charge is 2.26. The number of aromatic nitrogens is 2. The predicted molar refractivity (Wildman–Crippen MR) is 93.8 cm³/mol. The number of hydrogen-bond donors (Lipinski definition) is 0. The summed E-state index contributed by atoms with van der Waals surface area (Å²) in [5, 5.41) is 4.01. The summed E-state index contributed by atoms with van der Waals surface area (Å²) in [6.07, 6.45) is 3.87.